The molecule has 2 aliphatic heterocycles. The zero-order chi connectivity index (χ0) is 22.6. The molecule has 172 valence electrons. The second-order valence-corrected chi connectivity index (χ2v) is 9.47. The number of alkyl halides is 2. The largest absolute Gasteiger partial charge is 0.381 e. The molecule has 5 heterocycles. The molecule has 3 aromatic rings. The quantitative estimate of drug-likeness (QED) is 0.621. The Bertz CT molecular complexity index is 1220. The minimum Gasteiger partial charge on any atom is -0.381 e. The van der Waals surface area contributed by atoms with E-state index in [1.54, 1.807) is 0 Å². The van der Waals surface area contributed by atoms with Gasteiger partial charge in [0.15, 0.2) is 5.82 Å². The number of anilines is 1. The Balaban J connectivity index is 1.25. The van der Waals surface area contributed by atoms with Crippen LogP contribution in [0, 0.1) is 11.8 Å². The Morgan fingerprint density at radius 3 is 2.76 bits per heavy atom. The number of hydrogen-bond acceptors (Lipinski definition) is 6. The molecule has 3 aliphatic rings. The molecule has 0 aromatic carbocycles. The molecule has 0 amide bonds. The number of pyridine rings is 1. The van der Waals surface area contributed by atoms with Crippen LogP contribution in [0.4, 0.5) is 20.5 Å². The first-order chi connectivity index (χ1) is 15.9. The van der Waals surface area contributed by atoms with Crippen LogP contribution in [0.1, 0.15) is 38.2 Å². The minimum absolute atomic E-state index is 0.00841. The van der Waals surface area contributed by atoms with Crippen molar-refractivity contribution in [3.63, 3.8) is 0 Å². The lowest BCUT2D eigenvalue weighted by atomic mass is 9.69. The first kappa shape index (κ1) is 20.7. The topological polar surface area (TPSA) is 76.7 Å². The maximum absolute atomic E-state index is 13.4. The molecule has 1 saturated carbocycles. The van der Waals surface area contributed by atoms with E-state index in [0.29, 0.717) is 24.2 Å². The third kappa shape index (κ3) is 3.88. The van der Waals surface area contributed by atoms with Crippen LogP contribution >= 0.6 is 0 Å². The third-order valence-corrected chi connectivity index (χ3v) is 7.17. The van der Waals surface area contributed by atoms with Gasteiger partial charge in [-0.05, 0) is 49.8 Å². The summed E-state index contributed by atoms with van der Waals surface area (Å²) in [6.07, 6.45) is 8.07. The van der Waals surface area contributed by atoms with Crippen molar-refractivity contribution < 1.29 is 13.5 Å². The fraction of sp³-hybridized carbons (Fsp3) is 0.500. The average Bonchev–Trinajstić information content (AvgIpc) is 3.21. The molecule has 7 nitrogen and oxygen atoms in total. The summed E-state index contributed by atoms with van der Waals surface area (Å²) in [4.78, 5) is 13.8. The molecule has 0 radical (unpaired) electrons. The fourth-order valence-corrected chi connectivity index (χ4v) is 5.27. The Kier molecular flexibility index (Phi) is 4.90. The van der Waals surface area contributed by atoms with Gasteiger partial charge >= 0.3 is 0 Å². The van der Waals surface area contributed by atoms with Gasteiger partial charge in [0, 0.05) is 67.2 Å². The lowest BCUT2D eigenvalue weighted by Crippen LogP contribution is -2.43. The molecule has 0 spiro atoms. The van der Waals surface area contributed by atoms with Crippen LogP contribution in [-0.4, -0.2) is 50.5 Å². The normalized spacial score (nSPS) is 23.1. The van der Waals surface area contributed by atoms with Gasteiger partial charge < -0.3 is 10.1 Å². The van der Waals surface area contributed by atoms with Crippen LogP contribution in [0.2, 0.25) is 0 Å². The van der Waals surface area contributed by atoms with Crippen molar-refractivity contribution in [1.82, 2.24) is 19.6 Å². The smallest absolute Gasteiger partial charge is 0.248 e. The van der Waals surface area contributed by atoms with Crippen molar-refractivity contribution in [3.05, 3.63) is 36.3 Å². The zero-order valence-corrected chi connectivity index (χ0v) is 18.5. The van der Waals surface area contributed by atoms with Gasteiger partial charge in [-0.15, -0.1) is 5.10 Å². The van der Waals surface area contributed by atoms with Gasteiger partial charge in [0.25, 0.3) is 0 Å². The van der Waals surface area contributed by atoms with Gasteiger partial charge in [-0.25, -0.2) is 28.3 Å². The van der Waals surface area contributed by atoms with Crippen LogP contribution in [0.3, 0.4) is 0 Å². The molecule has 1 N–H and O–H groups in total. The van der Waals surface area contributed by atoms with Gasteiger partial charge in [-0.1, -0.05) is 0 Å². The predicted octanol–water partition coefficient (Wildman–Crippen LogP) is 4.69. The number of fused-ring (bicyclic) bond motifs is 2. The second kappa shape index (κ2) is 7.83. The van der Waals surface area contributed by atoms with Crippen molar-refractivity contribution in [3.8, 4) is 11.1 Å². The summed E-state index contributed by atoms with van der Waals surface area (Å²) in [5.74, 6) is -1.17. The summed E-state index contributed by atoms with van der Waals surface area (Å²) >= 11 is 0. The Hall–Kier alpha value is -2.94. The standard InChI is InChI=1S/C24H26F2N6O/c1-14-20(17-10-24(25,26)11-17)9-15-8-16(12-27-22(15)29-14)19-2-5-32-21(19)13-28-23(31-32)30-18-3-6-33-7-4-18/h2,5,8,12-13,17-18,20H,3-4,6-7,9-11H2,1H3,(H,30,31). The van der Waals surface area contributed by atoms with E-state index in [1.807, 2.05) is 36.1 Å². The first-order valence-electron chi connectivity index (χ1n) is 11.6. The van der Waals surface area contributed by atoms with Crippen molar-refractivity contribution in [1.29, 1.82) is 0 Å². The maximum Gasteiger partial charge on any atom is 0.248 e. The van der Waals surface area contributed by atoms with Crippen LogP contribution in [0.25, 0.3) is 16.6 Å². The molecule has 33 heavy (non-hydrogen) atoms. The summed E-state index contributed by atoms with van der Waals surface area (Å²) in [5, 5.41) is 8.02. The Morgan fingerprint density at radius 1 is 1.15 bits per heavy atom. The molecule has 0 bridgehead atoms. The maximum atomic E-state index is 13.4. The predicted molar refractivity (Wildman–Crippen MR) is 121 cm³/mol. The summed E-state index contributed by atoms with van der Waals surface area (Å²) in [7, 11) is 0. The third-order valence-electron chi connectivity index (χ3n) is 7.17. The highest BCUT2D eigenvalue weighted by Crippen LogP contribution is 2.49. The van der Waals surface area contributed by atoms with Gasteiger partial charge in [-0.3, -0.25) is 0 Å². The highest BCUT2D eigenvalue weighted by molar-refractivity contribution is 5.90. The molecule has 1 atom stereocenters. The number of nitrogens with one attached hydrogen (secondary N) is 1. The number of aromatic nitrogens is 4. The van der Waals surface area contributed by atoms with Crippen LogP contribution < -0.4 is 5.32 Å². The summed E-state index contributed by atoms with van der Waals surface area (Å²) in [5.41, 5.74) is 4.75. The molecule has 6 rings (SSSR count). The lowest BCUT2D eigenvalue weighted by molar-refractivity contribution is -0.118. The number of halogens is 2. The second-order valence-electron chi connectivity index (χ2n) is 9.47. The van der Waals surface area contributed by atoms with Crippen molar-refractivity contribution in [2.75, 3.05) is 18.5 Å². The van der Waals surface area contributed by atoms with E-state index in [9.17, 15) is 8.78 Å². The molecule has 1 saturated heterocycles. The van der Waals surface area contributed by atoms with Gasteiger partial charge in [0.05, 0.1) is 11.7 Å². The fourth-order valence-electron chi connectivity index (χ4n) is 5.27. The van der Waals surface area contributed by atoms with Gasteiger partial charge in [-0.2, -0.15) is 0 Å². The van der Waals surface area contributed by atoms with E-state index in [1.165, 1.54) is 0 Å². The van der Waals surface area contributed by atoms with Crippen LogP contribution in [0.5, 0.6) is 0 Å². The first-order valence-corrected chi connectivity index (χ1v) is 11.6. The average molecular weight is 453 g/mol. The van der Waals surface area contributed by atoms with E-state index >= 15 is 0 Å². The summed E-state index contributed by atoms with van der Waals surface area (Å²) in [6.45, 7) is 3.45. The summed E-state index contributed by atoms with van der Waals surface area (Å²) in [6, 6.07) is 4.42. The molecule has 1 unspecified atom stereocenters. The van der Waals surface area contributed by atoms with Gasteiger partial charge in [0.1, 0.15) is 0 Å². The van der Waals surface area contributed by atoms with E-state index in [4.69, 9.17) is 4.74 Å². The monoisotopic (exact) mass is 452 g/mol. The lowest BCUT2D eigenvalue weighted by Gasteiger charge is -2.41. The van der Waals surface area contributed by atoms with E-state index < -0.39 is 5.92 Å². The highest BCUT2D eigenvalue weighted by Gasteiger charge is 2.49. The molecular weight excluding hydrogens is 426 g/mol. The molecule has 2 fully saturated rings. The molecule has 3 aromatic heterocycles. The zero-order valence-electron chi connectivity index (χ0n) is 18.5. The molecular formula is C24H26F2N6O. The number of aliphatic imine (C=N–C) groups is 1. The SMILES string of the molecule is CC1=Nc2ncc(-c3ccn4nc(NC5CCOCC5)ncc34)cc2CC1C1CC(F)(F)C1. The number of rotatable bonds is 4. The Morgan fingerprint density at radius 2 is 1.97 bits per heavy atom. The van der Waals surface area contributed by atoms with Crippen molar-refractivity contribution in [2.24, 2.45) is 16.8 Å². The van der Waals surface area contributed by atoms with E-state index in [0.717, 1.165) is 54.0 Å². The van der Waals surface area contributed by atoms with Crippen molar-refractivity contribution in [2.45, 2.75) is 51.0 Å². The van der Waals surface area contributed by atoms with Crippen LogP contribution in [0.15, 0.2) is 35.7 Å². The molecule has 9 heteroatoms. The van der Waals surface area contributed by atoms with E-state index in [-0.39, 0.29) is 24.7 Å². The Labute approximate surface area is 190 Å². The number of hydrogen-bond donors (Lipinski definition) is 1. The van der Waals surface area contributed by atoms with Gasteiger partial charge in [0.2, 0.25) is 11.9 Å². The number of ether oxygens (including phenoxy) is 1. The highest BCUT2D eigenvalue weighted by atomic mass is 19.3. The molecule has 1 aliphatic carbocycles. The summed E-state index contributed by atoms with van der Waals surface area (Å²) < 4.78 is 34.1. The van der Waals surface area contributed by atoms with Crippen LogP contribution in [-0.2, 0) is 11.2 Å². The van der Waals surface area contributed by atoms with E-state index in [2.05, 4.69) is 31.4 Å². The minimum atomic E-state index is -2.52. The number of nitrogens with zero attached hydrogens (tertiary/aromatic N) is 5. The van der Waals surface area contributed by atoms with Crippen molar-refractivity contribution >= 4 is 23.0 Å².